The zero-order valence-electron chi connectivity index (χ0n) is 17.3. The monoisotopic (exact) mass is 447 g/mol. The van der Waals surface area contributed by atoms with Crippen LogP contribution in [-0.4, -0.2) is 31.6 Å². The van der Waals surface area contributed by atoms with Gasteiger partial charge in [-0.2, -0.15) is 0 Å². The van der Waals surface area contributed by atoms with Gasteiger partial charge < -0.3 is 5.32 Å². The number of ketones is 1. The number of hydrogen-bond acceptors (Lipinski definition) is 5. The van der Waals surface area contributed by atoms with Gasteiger partial charge in [0.2, 0.25) is 15.9 Å². The van der Waals surface area contributed by atoms with Gasteiger partial charge in [0.15, 0.2) is 5.78 Å². The zero-order valence-corrected chi connectivity index (χ0v) is 18.1. The number of benzene rings is 2. The SMILES string of the molecule is CC(=O)c1ccc(S(=O)(=O)NCCC(=O)Nc2cccc(C#Cc3ccccn3)c2)cc1. The van der Waals surface area contributed by atoms with Gasteiger partial charge in [0.1, 0.15) is 5.69 Å². The fourth-order valence-corrected chi connectivity index (χ4v) is 3.75. The van der Waals surface area contributed by atoms with E-state index in [2.05, 4.69) is 26.9 Å². The molecule has 0 aliphatic heterocycles. The molecular formula is C24H21N3O4S. The quantitative estimate of drug-likeness (QED) is 0.428. The van der Waals surface area contributed by atoms with E-state index >= 15 is 0 Å². The van der Waals surface area contributed by atoms with Crippen LogP contribution in [-0.2, 0) is 14.8 Å². The number of nitrogens with one attached hydrogen (secondary N) is 2. The van der Waals surface area contributed by atoms with E-state index in [9.17, 15) is 18.0 Å². The maximum absolute atomic E-state index is 12.3. The van der Waals surface area contributed by atoms with Crippen molar-refractivity contribution in [3.8, 4) is 11.8 Å². The van der Waals surface area contributed by atoms with Gasteiger partial charge in [-0.05, 0) is 55.3 Å². The molecule has 0 saturated carbocycles. The van der Waals surface area contributed by atoms with Crippen molar-refractivity contribution in [2.45, 2.75) is 18.2 Å². The Labute approximate surface area is 187 Å². The molecule has 0 atom stereocenters. The summed E-state index contributed by atoms with van der Waals surface area (Å²) < 4.78 is 27.1. The summed E-state index contributed by atoms with van der Waals surface area (Å²) in [5.41, 5.74) is 2.34. The Bertz CT molecular complexity index is 1280. The van der Waals surface area contributed by atoms with Crippen LogP contribution in [0.1, 0.15) is 35.0 Å². The zero-order chi connectivity index (χ0) is 23.0. The second-order valence-electron chi connectivity index (χ2n) is 6.82. The van der Waals surface area contributed by atoms with Crippen molar-refractivity contribution in [3.63, 3.8) is 0 Å². The highest BCUT2D eigenvalue weighted by atomic mass is 32.2. The van der Waals surface area contributed by atoms with Crippen LogP contribution in [0, 0.1) is 11.8 Å². The minimum atomic E-state index is -3.78. The normalized spacial score (nSPS) is 10.7. The molecule has 3 aromatic rings. The fourth-order valence-electron chi connectivity index (χ4n) is 2.72. The number of carbonyl (C=O) groups is 2. The van der Waals surface area contributed by atoms with Crippen molar-refractivity contribution in [1.82, 2.24) is 9.71 Å². The predicted molar refractivity (Wildman–Crippen MR) is 122 cm³/mol. The topological polar surface area (TPSA) is 105 Å². The number of carbonyl (C=O) groups excluding carboxylic acids is 2. The van der Waals surface area contributed by atoms with E-state index in [-0.39, 0.29) is 29.6 Å². The highest BCUT2D eigenvalue weighted by molar-refractivity contribution is 7.89. The number of Topliss-reactive ketones (excluding diaryl/α,β-unsaturated/α-hetero) is 1. The summed E-state index contributed by atoms with van der Waals surface area (Å²) in [5.74, 6) is 5.45. The first-order valence-electron chi connectivity index (χ1n) is 9.77. The number of pyridine rings is 1. The Morgan fingerprint density at radius 2 is 1.75 bits per heavy atom. The van der Waals surface area contributed by atoms with E-state index in [1.165, 1.54) is 31.2 Å². The smallest absolute Gasteiger partial charge is 0.240 e. The van der Waals surface area contributed by atoms with E-state index in [4.69, 9.17) is 0 Å². The molecule has 3 rings (SSSR count). The van der Waals surface area contributed by atoms with Gasteiger partial charge in [-0.1, -0.05) is 30.2 Å². The number of nitrogens with zero attached hydrogens (tertiary/aromatic N) is 1. The third-order valence-electron chi connectivity index (χ3n) is 4.36. The van der Waals surface area contributed by atoms with E-state index in [0.717, 1.165) is 0 Å². The largest absolute Gasteiger partial charge is 0.326 e. The minimum Gasteiger partial charge on any atom is -0.326 e. The second kappa shape index (κ2) is 10.5. The number of aromatic nitrogens is 1. The van der Waals surface area contributed by atoms with Gasteiger partial charge in [0, 0.05) is 36.0 Å². The van der Waals surface area contributed by atoms with Crippen LogP contribution in [0.2, 0.25) is 0 Å². The molecule has 8 heteroatoms. The molecule has 0 fully saturated rings. The summed E-state index contributed by atoms with van der Waals surface area (Å²) in [5, 5.41) is 2.73. The Balaban J connectivity index is 1.54. The maximum atomic E-state index is 12.3. The number of amides is 1. The average molecular weight is 448 g/mol. The third-order valence-corrected chi connectivity index (χ3v) is 5.84. The van der Waals surface area contributed by atoms with Gasteiger partial charge >= 0.3 is 0 Å². The summed E-state index contributed by atoms with van der Waals surface area (Å²) in [6.07, 6.45) is 1.62. The summed E-state index contributed by atoms with van der Waals surface area (Å²) >= 11 is 0. The van der Waals surface area contributed by atoms with Crippen molar-refractivity contribution in [1.29, 1.82) is 0 Å². The second-order valence-corrected chi connectivity index (χ2v) is 8.59. The number of rotatable bonds is 7. The Morgan fingerprint density at radius 3 is 2.44 bits per heavy atom. The summed E-state index contributed by atoms with van der Waals surface area (Å²) in [4.78, 5) is 27.7. The van der Waals surface area contributed by atoms with Crippen LogP contribution >= 0.6 is 0 Å². The molecule has 0 unspecified atom stereocenters. The highest BCUT2D eigenvalue weighted by Gasteiger charge is 2.14. The Hall–Kier alpha value is -3.80. The molecule has 1 aromatic heterocycles. The number of hydrogen-bond donors (Lipinski definition) is 2. The summed E-state index contributed by atoms with van der Waals surface area (Å²) in [6, 6.07) is 18.1. The molecular weight excluding hydrogens is 426 g/mol. The molecule has 1 heterocycles. The van der Waals surface area contributed by atoms with Crippen molar-refractivity contribution >= 4 is 27.4 Å². The van der Waals surface area contributed by atoms with Crippen LogP contribution in [0.25, 0.3) is 0 Å². The number of anilines is 1. The van der Waals surface area contributed by atoms with Crippen LogP contribution in [0.4, 0.5) is 5.69 Å². The van der Waals surface area contributed by atoms with Crippen molar-refractivity contribution in [2.75, 3.05) is 11.9 Å². The molecule has 0 spiro atoms. The molecule has 162 valence electrons. The maximum Gasteiger partial charge on any atom is 0.240 e. The van der Waals surface area contributed by atoms with Gasteiger partial charge in [-0.15, -0.1) is 0 Å². The third kappa shape index (κ3) is 6.60. The molecule has 7 nitrogen and oxygen atoms in total. The van der Waals surface area contributed by atoms with E-state index in [1.807, 2.05) is 18.2 Å². The van der Waals surface area contributed by atoms with Crippen molar-refractivity contribution < 1.29 is 18.0 Å². The number of sulfonamides is 1. The van der Waals surface area contributed by atoms with E-state index in [1.54, 1.807) is 30.5 Å². The van der Waals surface area contributed by atoms with E-state index in [0.29, 0.717) is 22.5 Å². The Morgan fingerprint density at radius 1 is 0.969 bits per heavy atom. The van der Waals surface area contributed by atoms with Crippen LogP contribution in [0.15, 0.2) is 77.8 Å². The molecule has 1 amide bonds. The first-order valence-corrected chi connectivity index (χ1v) is 11.3. The standard InChI is InChI=1S/C24H21N3O4S/c1-18(28)20-9-12-23(13-10-20)32(30,31)26-16-14-24(29)27-22-7-4-5-19(17-22)8-11-21-6-2-3-15-25-21/h2-7,9-10,12-13,15,17,26H,14,16H2,1H3,(H,27,29). The lowest BCUT2D eigenvalue weighted by molar-refractivity contribution is -0.116. The van der Waals surface area contributed by atoms with Crippen molar-refractivity contribution in [2.24, 2.45) is 0 Å². The lowest BCUT2D eigenvalue weighted by atomic mass is 10.2. The highest BCUT2D eigenvalue weighted by Crippen LogP contribution is 2.12. The average Bonchev–Trinajstić information content (AvgIpc) is 2.78. The first-order chi connectivity index (χ1) is 15.3. The van der Waals surface area contributed by atoms with Crippen LogP contribution in [0.3, 0.4) is 0 Å². The minimum absolute atomic E-state index is 0.0297. The molecule has 2 aromatic carbocycles. The summed E-state index contributed by atoms with van der Waals surface area (Å²) in [7, 11) is -3.78. The van der Waals surface area contributed by atoms with Gasteiger partial charge in [-0.25, -0.2) is 18.1 Å². The molecule has 32 heavy (non-hydrogen) atoms. The van der Waals surface area contributed by atoms with Gasteiger partial charge in [-0.3, -0.25) is 9.59 Å². The lowest BCUT2D eigenvalue weighted by Gasteiger charge is -2.08. The van der Waals surface area contributed by atoms with Crippen LogP contribution in [0.5, 0.6) is 0 Å². The van der Waals surface area contributed by atoms with Crippen LogP contribution < -0.4 is 10.0 Å². The molecule has 0 aliphatic carbocycles. The molecule has 0 saturated heterocycles. The van der Waals surface area contributed by atoms with Gasteiger partial charge in [0.05, 0.1) is 4.90 Å². The fraction of sp³-hybridized carbons (Fsp3) is 0.125. The molecule has 0 aliphatic rings. The molecule has 0 radical (unpaired) electrons. The molecule has 2 N–H and O–H groups in total. The van der Waals surface area contributed by atoms with Gasteiger partial charge in [0.25, 0.3) is 0 Å². The predicted octanol–water partition coefficient (Wildman–Crippen LogP) is 2.99. The lowest BCUT2D eigenvalue weighted by Crippen LogP contribution is -2.27. The van der Waals surface area contributed by atoms with E-state index < -0.39 is 10.0 Å². The molecule has 0 bridgehead atoms. The summed E-state index contributed by atoms with van der Waals surface area (Å²) in [6.45, 7) is 1.34. The Kier molecular flexibility index (Phi) is 7.49. The van der Waals surface area contributed by atoms with Crippen molar-refractivity contribution in [3.05, 3.63) is 89.7 Å². The first kappa shape index (κ1) is 22.9.